The van der Waals surface area contributed by atoms with E-state index in [-0.39, 0.29) is 7.33 Å². The van der Waals surface area contributed by atoms with Gasteiger partial charge in [-0.1, -0.05) is 0 Å². The van der Waals surface area contributed by atoms with E-state index < -0.39 is 0 Å². The van der Waals surface area contributed by atoms with Gasteiger partial charge in [-0.25, -0.2) is 0 Å². The first-order valence-electron chi connectivity index (χ1n) is 3.82. The molecule has 10 heavy (non-hydrogen) atoms. The molecule has 0 unspecified atom stereocenters. The number of rotatable bonds is 3. The highest BCUT2D eigenvalue weighted by Crippen LogP contribution is 2.03. The number of carbonyl (C=O) groups is 1. The SMILES string of the molecule is CCNC(=O)CN1CCC1.[HH]. The molecule has 3 heteroatoms. The molecule has 1 saturated heterocycles. The molecular weight excluding hydrogens is 128 g/mol. The maximum absolute atomic E-state index is 10.9. The third-order valence-electron chi connectivity index (χ3n) is 1.69. The van der Waals surface area contributed by atoms with E-state index >= 15 is 0 Å². The Labute approximate surface area is 62.9 Å². The van der Waals surface area contributed by atoms with Crippen LogP contribution in [0.5, 0.6) is 0 Å². The zero-order chi connectivity index (χ0) is 7.40. The van der Waals surface area contributed by atoms with Gasteiger partial charge >= 0.3 is 0 Å². The van der Waals surface area contributed by atoms with E-state index in [1.165, 1.54) is 6.42 Å². The highest BCUT2D eigenvalue weighted by Gasteiger charge is 2.15. The Balaban J connectivity index is 0.000001000. The molecule has 0 radical (unpaired) electrons. The Morgan fingerprint density at radius 3 is 2.80 bits per heavy atom. The summed E-state index contributed by atoms with van der Waals surface area (Å²) in [4.78, 5) is 13.0. The summed E-state index contributed by atoms with van der Waals surface area (Å²) in [7, 11) is 0. The highest BCUT2D eigenvalue weighted by molar-refractivity contribution is 5.77. The lowest BCUT2D eigenvalue weighted by molar-refractivity contribution is -0.122. The van der Waals surface area contributed by atoms with Crippen LogP contribution < -0.4 is 5.32 Å². The molecule has 0 aromatic heterocycles. The Morgan fingerprint density at radius 2 is 2.40 bits per heavy atom. The summed E-state index contributed by atoms with van der Waals surface area (Å²) in [5.74, 6) is 0.155. The summed E-state index contributed by atoms with van der Waals surface area (Å²) in [5.41, 5.74) is 0. The summed E-state index contributed by atoms with van der Waals surface area (Å²) >= 11 is 0. The van der Waals surface area contributed by atoms with Gasteiger partial charge in [0.05, 0.1) is 6.54 Å². The maximum atomic E-state index is 10.9. The van der Waals surface area contributed by atoms with E-state index in [0.717, 1.165) is 19.6 Å². The van der Waals surface area contributed by atoms with Crippen LogP contribution in [0.2, 0.25) is 0 Å². The Kier molecular flexibility index (Phi) is 2.68. The molecule has 0 aliphatic carbocycles. The van der Waals surface area contributed by atoms with Crippen LogP contribution in [-0.2, 0) is 4.79 Å². The van der Waals surface area contributed by atoms with Gasteiger partial charge in [-0.3, -0.25) is 9.69 Å². The first-order chi connectivity index (χ1) is 4.83. The fourth-order valence-electron chi connectivity index (χ4n) is 0.996. The molecule has 0 atom stereocenters. The van der Waals surface area contributed by atoms with Gasteiger partial charge < -0.3 is 5.32 Å². The van der Waals surface area contributed by atoms with E-state index in [4.69, 9.17) is 0 Å². The van der Waals surface area contributed by atoms with Crippen LogP contribution in [0.25, 0.3) is 0 Å². The number of nitrogens with one attached hydrogen (secondary N) is 1. The summed E-state index contributed by atoms with van der Waals surface area (Å²) in [6.07, 6.45) is 1.25. The number of likely N-dealkylation sites (N-methyl/N-ethyl adjacent to an activating group) is 1. The Hall–Kier alpha value is -0.570. The van der Waals surface area contributed by atoms with E-state index in [9.17, 15) is 4.79 Å². The second kappa shape index (κ2) is 3.56. The largest absolute Gasteiger partial charge is 0.355 e. The molecule has 0 aromatic carbocycles. The molecule has 1 heterocycles. The summed E-state index contributed by atoms with van der Waals surface area (Å²) in [6, 6.07) is 0. The van der Waals surface area contributed by atoms with Crippen LogP contribution in [0.3, 0.4) is 0 Å². The van der Waals surface area contributed by atoms with Gasteiger partial charge in [-0.2, -0.15) is 0 Å². The zero-order valence-corrected chi connectivity index (χ0v) is 6.39. The van der Waals surface area contributed by atoms with E-state index in [1.807, 2.05) is 6.92 Å². The van der Waals surface area contributed by atoms with Crippen molar-refractivity contribution in [2.75, 3.05) is 26.2 Å². The van der Waals surface area contributed by atoms with Crippen LogP contribution >= 0.6 is 0 Å². The molecule has 1 fully saturated rings. The van der Waals surface area contributed by atoms with Gasteiger partial charge in [0.1, 0.15) is 0 Å². The molecule has 0 aromatic rings. The number of carbonyl (C=O) groups excluding carboxylic acids is 1. The van der Waals surface area contributed by atoms with Gasteiger partial charge in [-0.15, -0.1) is 0 Å². The van der Waals surface area contributed by atoms with Gasteiger partial charge in [-0.05, 0) is 26.4 Å². The fraction of sp³-hybridized carbons (Fsp3) is 0.857. The van der Waals surface area contributed by atoms with Gasteiger partial charge in [0, 0.05) is 7.97 Å². The van der Waals surface area contributed by atoms with Crippen molar-refractivity contribution in [1.29, 1.82) is 0 Å². The minimum absolute atomic E-state index is 0. The standard InChI is InChI=1S/C7H14N2O.H2/c1-2-8-7(10)6-9-4-3-5-9;/h2-6H2,1H3,(H,8,10);1H. The molecule has 1 N–H and O–H groups in total. The van der Waals surface area contributed by atoms with Crippen molar-refractivity contribution in [1.82, 2.24) is 10.2 Å². The third-order valence-corrected chi connectivity index (χ3v) is 1.69. The van der Waals surface area contributed by atoms with Crippen molar-refractivity contribution in [2.24, 2.45) is 0 Å². The van der Waals surface area contributed by atoms with Crippen molar-refractivity contribution in [3.8, 4) is 0 Å². The van der Waals surface area contributed by atoms with Crippen molar-refractivity contribution in [3.63, 3.8) is 0 Å². The number of hydrogen-bond donors (Lipinski definition) is 1. The monoisotopic (exact) mass is 144 g/mol. The minimum Gasteiger partial charge on any atom is -0.355 e. The predicted octanol–water partition coefficient (Wildman–Crippen LogP) is 0.0742. The Bertz CT molecular complexity index is 126. The molecule has 0 bridgehead atoms. The van der Waals surface area contributed by atoms with Crippen LogP contribution in [-0.4, -0.2) is 37.0 Å². The normalized spacial score (nSPS) is 18.1. The van der Waals surface area contributed by atoms with Gasteiger partial charge in [0.15, 0.2) is 0 Å². The number of likely N-dealkylation sites (tertiary alicyclic amines) is 1. The van der Waals surface area contributed by atoms with Crippen LogP contribution in [0.4, 0.5) is 0 Å². The van der Waals surface area contributed by atoms with Crippen molar-refractivity contribution in [2.45, 2.75) is 13.3 Å². The molecule has 0 spiro atoms. The molecule has 1 amide bonds. The topological polar surface area (TPSA) is 32.3 Å². The van der Waals surface area contributed by atoms with Gasteiger partial charge in [0.2, 0.25) is 5.91 Å². The molecule has 1 rings (SSSR count). The van der Waals surface area contributed by atoms with E-state index in [1.54, 1.807) is 0 Å². The summed E-state index contributed by atoms with van der Waals surface area (Å²) < 4.78 is 0. The first kappa shape index (κ1) is 7.54. The second-order valence-corrected chi connectivity index (χ2v) is 2.58. The quantitative estimate of drug-likeness (QED) is 0.608. The zero-order valence-electron chi connectivity index (χ0n) is 6.39. The van der Waals surface area contributed by atoms with Crippen molar-refractivity contribution >= 4 is 5.91 Å². The van der Waals surface area contributed by atoms with Crippen LogP contribution in [0.1, 0.15) is 14.8 Å². The molecule has 0 saturated carbocycles. The Morgan fingerprint density at radius 1 is 1.70 bits per heavy atom. The van der Waals surface area contributed by atoms with E-state index in [0.29, 0.717) is 6.54 Å². The smallest absolute Gasteiger partial charge is 0.234 e. The number of nitrogens with zero attached hydrogens (tertiary/aromatic N) is 1. The van der Waals surface area contributed by atoms with Crippen molar-refractivity contribution < 1.29 is 6.22 Å². The molecule has 1 aliphatic rings. The maximum Gasteiger partial charge on any atom is 0.234 e. The first-order valence-corrected chi connectivity index (χ1v) is 3.82. The lowest BCUT2D eigenvalue weighted by Gasteiger charge is -2.29. The average molecular weight is 144 g/mol. The number of amides is 1. The lowest BCUT2D eigenvalue weighted by atomic mass is 10.2. The third kappa shape index (κ3) is 1.99. The molecular formula is C7H16N2O. The molecule has 60 valence electrons. The summed E-state index contributed by atoms with van der Waals surface area (Å²) in [6.45, 7) is 5.46. The van der Waals surface area contributed by atoms with Gasteiger partial charge in [0.25, 0.3) is 0 Å². The fourth-order valence-corrected chi connectivity index (χ4v) is 0.996. The lowest BCUT2D eigenvalue weighted by Crippen LogP contribution is -2.44. The summed E-state index contributed by atoms with van der Waals surface area (Å²) in [5, 5.41) is 2.76. The highest BCUT2D eigenvalue weighted by atomic mass is 16.2. The predicted molar refractivity (Wildman–Crippen MR) is 41.9 cm³/mol. The minimum atomic E-state index is 0. The van der Waals surface area contributed by atoms with Crippen LogP contribution in [0, 0.1) is 0 Å². The van der Waals surface area contributed by atoms with Crippen LogP contribution in [0.15, 0.2) is 0 Å². The average Bonchev–Trinajstić information content (AvgIpc) is 1.80. The molecule has 1 aliphatic heterocycles. The van der Waals surface area contributed by atoms with E-state index in [2.05, 4.69) is 10.2 Å². The molecule has 3 nitrogen and oxygen atoms in total. The second-order valence-electron chi connectivity index (χ2n) is 2.58. The van der Waals surface area contributed by atoms with Crippen molar-refractivity contribution in [3.05, 3.63) is 0 Å². The number of hydrogen-bond acceptors (Lipinski definition) is 2.